The maximum absolute atomic E-state index is 3.79. The Morgan fingerprint density at radius 3 is 1.59 bits per heavy atom. The van der Waals surface area contributed by atoms with Gasteiger partial charge in [-0.25, -0.2) is 0 Å². The van der Waals surface area contributed by atoms with E-state index in [-0.39, 0.29) is 0 Å². The summed E-state index contributed by atoms with van der Waals surface area (Å²) in [6.07, 6.45) is 26.2. The van der Waals surface area contributed by atoms with Gasteiger partial charge >= 0.3 is 0 Å². The first-order chi connectivity index (χ1) is 16.8. The fourth-order valence-electron chi connectivity index (χ4n) is 4.98. The largest absolute Gasteiger partial charge is 0.0985 e. The van der Waals surface area contributed by atoms with Gasteiger partial charge in [-0.05, 0) is 53.9 Å². The summed E-state index contributed by atoms with van der Waals surface area (Å²) in [4.78, 5) is 0. The van der Waals surface area contributed by atoms with Crippen LogP contribution in [0.4, 0.5) is 0 Å². The average molecular weight is 459 g/mol. The van der Waals surface area contributed by atoms with Crippen LogP contribution in [0.2, 0.25) is 0 Å². The van der Waals surface area contributed by atoms with Gasteiger partial charge in [0.05, 0.1) is 0 Å². The summed E-state index contributed by atoms with van der Waals surface area (Å²) in [6.45, 7) is 9.84. The maximum Gasteiger partial charge on any atom is -0.0162 e. The molecular formula is C34H50. The molecule has 0 aliphatic heterocycles. The molecule has 0 amide bonds. The van der Waals surface area contributed by atoms with Crippen molar-refractivity contribution < 1.29 is 0 Å². The summed E-state index contributed by atoms with van der Waals surface area (Å²) in [5.41, 5.74) is 5.44. The van der Waals surface area contributed by atoms with Gasteiger partial charge in [0.15, 0.2) is 0 Å². The van der Waals surface area contributed by atoms with Crippen molar-refractivity contribution in [1.82, 2.24) is 0 Å². The number of unbranched alkanes of at least 4 members (excludes halogenated alkanes) is 9. The molecule has 0 unspecified atom stereocenters. The topological polar surface area (TPSA) is 0 Å². The molecule has 0 N–H and O–H groups in total. The monoisotopic (exact) mass is 458 g/mol. The van der Waals surface area contributed by atoms with E-state index in [0.29, 0.717) is 0 Å². The molecule has 0 nitrogen and oxygen atoms in total. The van der Waals surface area contributed by atoms with Gasteiger partial charge in [0, 0.05) is 0 Å². The van der Waals surface area contributed by atoms with E-state index in [1.54, 1.807) is 0 Å². The van der Waals surface area contributed by atoms with Crippen molar-refractivity contribution in [2.45, 2.75) is 116 Å². The van der Waals surface area contributed by atoms with Gasteiger partial charge in [0.1, 0.15) is 0 Å². The van der Waals surface area contributed by atoms with Crippen LogP contribution in [-0.2, 0) is 6.42 Å². The van der Waals surface area contributed by atoms with E-state index in [2.05, 4.69) is 68.6 Å². The zero-order chi connectivity index (χ0) is 24.3. The zero-order valence-electron chi connectivity index (χ0n) is 22.1. The minimum Gasteiger partial charge on any atom is -0.0985 e. The number of hydrogen-bond acceptors (Lipinski definition) is 0. The Kier molecular flexibility index (Phi) is 15.1. The molecule has 34 heavy (non-hydrogen) atoms. The molecule has 0 radical (unpaired) electrons. The third-order valence-corrected chi connectivity index (χ3v) is 7.28. The molecule has 2 aromatic carbocycles. The lowest BCUT2D eigenvalue weighted by Crippen LogP contribution is -2.04. The van der Waals surface area contributed by atoms with E-state index < -0.39 is 0 Å². The molecule has 2 aromatic rings. The molecule has 1 fully saturated rings. The highest BCUT2D eigenvalue weighted by atomic mass is 14.2. The van der Waals surface area contributed by atoms with E-state index in [0.717, 1.165) is 5.92 Å². The van der Waals surface area contributed by atoms with Crippen molar-refractivity contribution in [2.24, 2.45) is 0 Å². The number of rotatable bonds is 14. The fourth-order valence-corrected chi connectivity index (χ4v) is 4.98. The van der Waals surface area contributed by atoms with E-state index in [1.165, 1.54) is 125 Å². The van der Waals surface area contributed by atoms with Crippen LogP contribution in [0, 0.1) is 0 Å². The smallest absolute Gasteiger partial charge is 0.0162 e. The number of aryl methyl sites for hydroxylation is 1. The molecule has 3 rings (SSSR count). The molecular weight excluding hydrogens is 408 g/mol. The van der Waals surface area contributed by atoms with Crippen molar-refractivity contribution in [3.05, 3.63) is 83.9 Å². The SMILES string of the molecule is C=Cc1ccc(C2CCCCC2)cc1.C=Cc1ccc(CCCCCCCCCCCC)cc1. The zero-order valence-corrected chi connectivity index (χ0v) is 22.1. The summed E-state index contributed by atoms with van der Waals surface area (Å²) in [7, 11) is 0. The lowest BCUT2D eigenvalue weighted by atomic mass is 9.84. The minimum absolute atomic E-state index is 0.822. The lowest BCUT2D eigenvalue weighted by Gasteiger charge is -2.21. The molecule has 0 bridgehead atoms. The third kappa shape index (κ3) is 11.9. The van der Waals surface area contributed by atoms with E-state index in [1.807, 2.05) is 12.2 Å². The Bertz CT molecular complexity index is 759. The Morgan fingerprint density at radius 1 is 0.618 bits per heavy atom. The van der Waals surface area contributed by atoms with Crippen LogP contribution in [0.25, 0.3) is 12.2 Å². The Morgan fingerprint density at radius 2 is 1.09 bits per heavy atom. The van der Waals surface area contributed by atoms with Crippen LogP contribution in [0.5, 0.6) is 0 Å². The molecule has 0 atom stereocenters. The van der Waals surface area contributed by atoms with Crippen LogP contribution in [0.15, 0.2) is 61.7 Å². The van der Waals surface area contributed by atoms with Crippen molar-refractivity contribution in [1.29, 1.82) is 0 Å². The molecule has 0 heterocycles. The molecule has 0 spiro atoms. The Labute approximate surface area is 211 Å². The van der Waals surface area contributed by atoms with Crippen LogP contribution in [0.1, 0.15) is 131 Å². The summed E-state index contributed by atoms with van der Waals surface area (Å²) < 4.78 is 0. The van der Waals surface area contributed by atoms with Gasteiger partial charge in [-0.3, -0.25) is 0 Å². The van der Waals surface area contributed by atoms with Gasteiger partial charge in [0.2, 0.25) is 0 Å². The number of hydrogen-bond donors (Lipinski definition) is 0. The molecule has 0 aromatic heterocycles. The second-order valence-corrected chi connectivity index (χ2v) is 10.1. The molecule has 1 aliphatic rings. The third-order valence-electron chi connectivity index (χ3n) is 7.28. The van der Waals surface area contributed by atoms with Crippen molar-refractivity contribution in [2.75, 3.05) is 0 Å². The van der Waals surface area contributed by atoms with E-state index in [9.17, 15) is 0 Å². The minimum atomic E-state index is 0.822. The highest BCUT2D eigenvalue weighted by molar-refractivity contribution is 5.48. The van der Waals surface area contributed by atoms with Crippen molar-refractivity contribution in [3.63, 3.8) is 0 Å². The van der Waals surface area contributed by atoms with Crippen LogP contribution < -0.4 is 0 Å². The first-order valence-corrected chi connectivity index (χ1v) is 14.2. The highest BCUT2D eigenvalue weighted by Crippen LogP contribution is 2.32. The predicted molar refractivity (Wildman–Crippen MR) is 154 cm³/mol. The molecule has 0 heteroatoms. The predicted octanol–water partition coefficient (Wildman–Crippen LogP) is 11.2. The van der Waals surface area contributed by atoms with Crippen LogP contribution >= 0.6 is 0 Å². The quantitative estimate of drug-likeness (QED) is 0.247. The first-order valence-electron chi connectivity index (χ1n) is 14.2. The van der Waals surface area contributed by atoms with Gasteiger partial charge < -0.3 is 0 Å². The number of benzene rings is 2. The fraction of sp³-hybridized carbons (Fsp3) is 0.529. The van der Waals surface area contributed by atoms with E-state index >= 15 is 0 Å². The second-order valence-electron chi connectivity index (χ2n) is 10.1. The normalized spacial score (nSPS) is 13.7. The highest BCUT2D eigenvalue weighted by Gasteiger charge is 2.14. The molecule has 1 aliphatic carbocycles. The standard InChI is InChI=1S/C20H32.C14H18/c1-3-5-6-7-8-9-10-11-12-13-14-20-17-15-19(4-2)16-18-20;1-2-12-8-10-14(11-9-12)13-6-4-3-5-7-13/h4,15-18H,2-3,5-14H2,1H3;2,8-11,13H,1,3-7H2. The lowest BCUT2D eigenvalue weighted by molar-refractivity contribution is 0.443. The van der Waals surface area contributed by atoms with E-state index in [4.69, 9.17) is 0 Å². The summed E-state index contributed by atoms with van der Waals surface area (Å²) >= 11 is 0. The summed E-state index contributed by atoms with van der Waals surface area (Å²) in [6, 6.07) is 17.7. The second kappa shape index (κ2) is 18.3. The van der Waals surface area contributed by atoms with Gasteiger partial charge in [-0.2, -0.15) is 0 Å². The maximum atomic E-state index is 3.79. The van der Waals surface area contributed by atoms with Gasteiger partial charge in [0.25, 0.3) is 0 Å². The molecule has 186 valence electrons. The average Bonchev–Trinajstić information content (AvgIpc) is 2.91. The van der Waals surface area contributed by atoms with Gasteiger partial charge in [-0.15, -0.1) is 0 Å². The van der Waals surface area contributed by atoms with Crippen molar-refractivity contribution >= 4 is 12.2 Å². The first kappa shape index (κ1) is 28.2. The summed E-state index contributed by atoms with van der Waals surface area (Å²) in [5.74, 6) is 0.822. The Hall–Kier alpha value is -2.08. The molecule has 0 saturated heterocycles. The van der Waals surface area contributed by atoms with Crippen LogP contribution in [-0.4, -0.2) is 0 Å². The molecule has 1 saturated carbocycles. The van der Waals surface area contributed by atoms with Crippen molar-refractivity contribution in [3.8, 4) is 0 Å². The van der Waals surface area contributed by atoms with Gasteiger partial charge in [-0.1, -0.05) is 158 Å². The summed E-state index contributed by atoms with van der Waals surface area (Å²) in [5, 5.41) is 0. The van der Waals surface area contributed by atoms with Crippen LogP contribution in [0.3, 0.4) is 0 Å². The Balaban J connectivity index is 0.000000254.